The fourth-order valence-corrected chi connectivity index (χ4v) is 1.92. The summed E-state index contributed by atoms with van der Waals surface area (Å²) in [6.07, 6.45) is 3.87. The summed E-state index contributed by atoms with van der Waals surface area (Å²) in [5.41, 5.74) is 1.39. The van der Waals surface area contributed by atoms with Crippen LogP contribution in [0, 0.1) is 5.82 Å². The van der Waals surface area contributed by atoms with Crippen LogP contribution in [0.15, 0.2) is 24.4 Å². The van der Waals surface area contributed by atoms with Gasteiger partial charge in [0.1, 0.15) is 5.82 Å². The summed E-state index contributed by atoms with van der Waals surface area (Å²) in [6, 6.07) is 4.30. The van der Waals surface area contributed by atoms with Crippen molar-refractivity contribution in [1.29, 1.82) is 0 Å². The average molecular weight is 298 g/mol. The minimum atomic E-state index is -0.797. The van der Waals surface area contributed by atoms with Crippen molar-refractivity contribution >= 4 is 17.6 Å². The van der Waals surface area contributed by atoms with Crippen molar-refractivity contribution in [3.63, 3.8) is 0 Å². The van der Waals surface area contributed by atoms with E-state index in [9.17, 15) is 9.18 Å². The second kappa shape index (κ2) is 6.47. The summed E-state index contributed by atoms with van der Waals surface area (Å²) in [7, 11) is 0. The Balaban J connectivity index is 1.97. The lowest BCUT2D eigenvalue weighted by molar-refractivity contribution is -0.137. The van der Waals surface area contributed by atoms with E-state index in [0.717, 1.165) is 12.1 Å². The molecule has 0 fully saturated rings. The third-order valence-corrected chi connectivity index (χ3v) is 3.07. The molecule has 0 spiro atoms. The molecular formula is C13H13ClFN3O2. The number of aromatic nitrogens is 3. The number of halogens is 2. The molecule has 0 bridgehead atoms. The molecule has 0 aliphatic carbocycles. The summed E-state index contributed by atoms with van der Waals surface area (Å²) in [6.45, 7) is 0. The first-order valence-electron chi connectivity index (χ1n) is 6.14. The molecule has 5 nitrogen and oxygen atoms in total. The average Bonchev–Trinajstić information content (AvgIpc) is 2.86. The Morgan fingerprint density at radius 2 is 2.20 bits per heavy atom. The third kappa shape index (κ3) is 3.77. The maximum Gasteiger partial charge on any atom is 0.303 e. The Bertz CT molecular complexity index is 615. The highest BCUT2D eigenvalue weighted by Gasteiger charge is 2.06. The van der Waals surface area contributed by atoms with E-state index >= 15 is 0 Å². The standard InChI is InChI=1S/C13H13ClFN3O2/c14-11-7-10(5-6-12(11)15)18-8-9(16-17-18)3-1-2-4-13(19)20/h5-8H,1-4H2,(H,19,20). The Morgan fingerprint density at radius 3 is 2.90 bits per heavy atom. The predicted octanol–water partition coefficient (Wildman–Crippen LogP) is 2.86. The molecule has 106 valence electrons. The number of hydrogen-bond acceptors (Lipinski definition) is 3. The second-order valence-corrected chi connectivity index (χ2v) is 4.76. The van der Waals surface area contributed by atoms with Crippen LogP contribution in [-0.4, -0.2) is 26.1 Å². The quantitative estimate of drug-likeness (QED) is 0.833. The molecule has 1 aromatic carbocycles. The summed E-state index contributed by atoms with van der Waals surface area (Å²) < 4.78 is 14.6. The van der Waals surface area contributed by atoms with Crippen molar-refractivity contribution in [2.75, 3.05) is 0 Å². The van der Waals surface area contributed by atoms with Crippen molar-refractivity contribution in [2.24, 2.45) is 0 Å². The first kappa shape index (κ1) is 14.5. The van der Waals surface area contributed by atoms with Gasteiger partial charge in [-0.1, -0.05) is 16.8 Å². The van der Waals surface area contributed by atoms with E-state index in [-0.39, 0.29) is 11.4 Å². The number of hydrogen-bond donors (Lipinski definition) is 1. The lowest BCUT2D eigenvalue weighted by atomic mass is 10.1. The molecule has 2 rings (SSSR count). The van der Waals surface area contributed by atoms with Crippen molar-refractivity contribution in [2.45, 2.75) is 25.7 Å². The molecule has 2 aromatic rings. The van der Waals surface area contributed by atoms with E-state index in [1.165, 1.54) is 16.8 Å². The third-order valence-electron chi connectivity index (χ3n) is 2.78. The van der Waals surface area contributed by atoms with E-state index in [2.05, 4.69) is 10.3 Å². The van der Waals surface area contributed by atoms with Gasteiger partial charge in [0.05, 0.1) is 22.6 Å². The van der Waals surface area contributed by atoms with E-state index in [0.29, 0.717) is 18.5 Å². The van der Waals surface area contributed by atoms with Gasteiger partial charge in [0, 0.05) is 6.42 Å². The first-order chi connectivity index (χ1) is 9.56. The second-order valence-electron chi connectivity index (χ2n) is 4.35. The van der Waals surface area contributed by atoms with Crippen LogP contribution in [-0.2, 0) is 11.2 Å². The van der Waals surface area contributed by atoms with E-state index in [1.807, 2.05) is 0 Å². The van der Waals surface area contributed by atoms with Crippen LogP contribution in [0.2, 0.25) is 5.02 Å². The summed E-state index contributed by atoms with van der Waals surface area (Å²) in [4.78, 5) is 10.4. The fraction of sp³-hybridized carbons (Fsp3) is 0.308. The number of carboxylic acid groups (broad SMARTS) is 1. The number of carbonyl (C=O) groups is 1. The minimum absolute atomic E-state index is 0.0287. The highest BCUT2D eigenvalue weighted by Crippen LogP contribution is 2.18. The van der Waals surface area contributed by atoms with Gasteiger partial charge in [-0.15, -0.1) is 5.10 Å². The molecule has 0 amide bonds. The van der Waals surface area contributed by atoms with Crippen LogP contribution in [0.5, 0.6) is 0 Å². The fourth-order valence-electron chi connectivity index (χ4n) is 1.75. The van der Waals surface area contributed by atoms with Gasteiger partial charge >= 0.3 is 5.97 Å². The SMILES string of the molecule is O=C(O)CCCCc1cn(-c2ccc(F)c(Cl)c2)nn1. The number of nitrogens with zero attached hydrogens (tertiary/aromatic N) is 3. The van der Waals surface area contributed by atoms with Crippen LogP contribution in [0.1, 0.15) is 25.0 Å². The van der Waals surface area contributed by atoms with Crippen LogP contribution in [0.4, 0.5) is 4.39 Å². The largest absolute Gasteiger partial charge is 0.481 e. The molecule has 0 aliphatic rings. The van der Waals surface area contributed by atoms with Crippen molar-refractivity contribution < 1.29 is 14.3 Å². The van der Waals surface area contributed by atoms with Gasteiger partial charge in [0.15, 0.2) is 0 Å². The van der Waals surface area contributed by atoms with E-state index < -0.39 is 11.8 Å². The molecule has 0 aliphatic heterocycles. The zero-order valence-corrected chi connectivity index (χ0v) is 11.3. The van der Waals surface area contributed by atoms with Gasteiger partial charge < -0.3 is 5.11 Å². The molecule has 0 atom stereocenters. The zero-order chi connectivity index (χ0) is 14.5. The topological polar surface area (TPSA) is 68.0 Å². The zero-order valence-electron chi connectivity index (χ0n) is 10.6. The molecule has 20 heavy (non-hydrogen) atoms. The van der Waals surface area contributed by atoms with E-state index in [1.54, 1.807) is 12.3 Å². The van der Waals surface area contributed by atoms with E-state index in [4.69, 9.17) is 16.7 Å². The molecule has 1 N–H and O–H groups in total. The number of unbranched alkanes of at least 4 members (excludes halogenated alkanes) is 1. The molecule has 0 saturated heterocycles. The normalized spacial score (nSPS) is 10.7. The molecule has 0 unspecified atom stereocenters. The molecule has 0 saturated carbocycles. The Hall–Kier alpha value is -1.95. The van der Waals surface area contributed by atoms with Gasteiger partial charge in [-0.2, -0.15) is 0 Å². The predicted molar refractivity (Wildman–Crippen MR) is 71.5 cm³/mol. The van der Waals surface area contributed by atoms with Crippen LogP contribution < -0.4 is 0 Å². The number of carboxylic acids is 1. The lowest BCUT2D eigenvalue weighted by Crippen LogP contribution is -1.95. The van der Waals surface area contributed by atoms with Gasteiger partial charge in [-0.3, -0.25) is 4.79 Å². The lowest BCUT2D eigenvalue weighted by Gasteiger charge is -2.00. The number of rotatable bonds is 6. The Kier molecular flexibility index (Phi) is 4.68. The maximum absolute atomic E-state index is 13.1. The smallest absolute Gasteiger partial charge is 0.303 e. The Labute approximate surface area is 120 Å². The van der Waals surface area contributed by atoms with Gasteiger partial charge in [0.2, 0.25) is 0 Å². The molecule has 1 aromatic heterocycles. The minimum Gasteiger partial charge on any atom is -0.481 e. The Morgan fingerprint density at radius 1 is 1.40 bits per heavy atom. The monoisotopic (exact) mass is 297 g/mol. The van der Waals surface area contributed by atoms with Crippen molar-refractivity contribution in [3.05, 3.63) is 40.9 Å². The summed E-state index contributed by atoms with van der Waals surface area (Å²) in [5, 5.41) is 16.5. The summed E-state index contributed by atoms with van der Waals surface area (Å²) in [5.74, 6) is -1.28. The number of aliphatic carboxylic acids is 1. The van der Waals surface area contributed by atoms with Gasteiger partial charge in [0.25, 0.3) is 0 Å². The molecule has 0 radical (unpaired) electrons. The highest BCUT2D eigenvalue weighted by molar-refractivity contribution is 6.30. The van der Waals surface area contributed by atoms with Crippen LogP contribution in [0.25, 0.3) is 5.69 Å². The maximum atomic E-state index is 13.1. The highest BCUT2D eigenvalue weighted by atomic mass is 35.5. The molecular weight excluding hydrogens is 285 g/mol. The van der Waals surface area contributed by atoms with Gasteiger partial charge in [-0.05, 0) is 37.5 Å². The molecule has 1 heterocycles. The number of aryl methyl sites for hydroxylation is 1. The number of benzene rings is 1. The van der Waals surface area contributed by atoms with Crippen LogP contribution >= 0.6 is 11.6 Å². The molecule has 7 heteroatoms. The van der Waals surface area contributed by atoms with Crippen LogP contribution in [0.3, 0.4) is 0 Å². The van der Waals surface area contributed by atoms with Crippen molar-refractivity contribution in [1.82, 2.24) is 15.0 Å². The first-order valence-corrected chi connectivity index (χ1v) is 6.52. The van der Waals surface area contributed by atoms with Crippen molar-refractivity contribution in [3.8, 4) is 5.69 Å². The van der Waals surface area contributed by atoms with Gasteiger partial charge in [-0.25, -0.2) is 9.07 Å². The summed E-state index contributed by atoms with van der Waals surface area (Å²) >= 11 is 5.71.